The Bertz CT molecular complexity index is 748. The molecule has 24 heavy (non-hydrogen) atoms. The zero-order valence-electron chi connectivity index (χ0n) is 12.4. The molecule has 2 aromatic carbocycles. The van der Waals surface area contributed by atoms with E-state index in [1.54, 1.807) is 0 Å². The second kappa shape index (κ2) is 8.00. The number of nitrogens with zero attached hydrogens (tertiary/aromatic N) is 2. The van der Waals surface area contributed by atoms with E-state index in [-0.39, 0.29) is 5.17 Å². The van der Waals surface area contributed by atoms with Gasteiger partial charge in [0.1, 0.15) is 5.82 Å². The van der Waals surface area contributed by atoms with Crippen molar-refractivity contribution in [1.82, 2.24) is 0 Å². The molecule has 0 unspecified atom stereocenters. The molecule has 0 atom stereocenters. The lowest BCUT2D eigenvalue weighted by atomic mass is 9.77. The summed E-state index contributed by atoms with van der Waals surface area (Å²) in [6.07, 6.45) is 0.732. The summed E-state index contributed by atoms with van der Waals surface area (Å²) in [5.41, 5.74) is 4.95. The molecule has 0 saturated carbocycles. The highest BCUT2D eigenvalue weighted by molar-refractivity contribution is 8.13. The molecule has 0 radical (unpaired) electrons. The maximum Gasteiger partial charge on any atom is 0.510 e. The van der Waals surface area contributed by atoms with Gasteiger partial charge in [-0.25, -0.2) is 4.39 Å². The number of benzene rings is 2. The summed E-state index contributed by atoms with van der Waals surface area (Å²) in [4.78, 5) is 0. The van der Waals surface area contributed by atoms with E-state index in [9.17, 15) is 17.3 Å². The fourth-order valence-corrected chi connectivity index (χ4v) is 2.49. The highest BCUT2D eigenvalue weighted by atomic mass is 32.2. The maximum absolute atomic E-state index is 13.6. The highest BCUT2D eigenvalue weighted by Crippen LogP contribution is 2.14. The Balaban J connectivity index is 2.08. The molecule has 0 spiro atoms. The van der Waals surface area contributed by atoms with Gasteiger partial charge in [0.2, 0.25) is 0 Å². The molecule has 126 valence electrons. The predicted octanol–water partition coefficient (Wildman–Crippen LogP) is 3.46. The first-order chi connectivity index (χ1) is 11.4. The fraction of sp³-hybridized carbons (Fsp3) is 0.0667. The van der Waals surface area contributed by atoms with Gasteiger partial charge >= 0.3 is 6.98 Å². The predicted molar refractivity (Wildman–Crippen MR) is 92.1 cm³/mol. The van der Waals surface area contributed by atoms with Crippen LogP contribution in [0.25, 0.3) is 0 Å². The first-order valence-electron chi connectivity index (χ1n) is 6.89. The Labute approximate surface area is 140 Å². The van der Waals surface area contributed by atoms with Crippen molar-refractivity contribution in [1.29, 1.82) is 0 Å². The number of amidine groups is 1. The minimum Gasteiger partial charge on any atom is -0.445 e. The third kappa shape index (κ3) is 5.12. The van der Waals surface area contributed by atoms with Gasteiger partial charge < -0.3 is 18.7 Å². The van der Waals surface area contributed by atoms with Crippen LogP contribution in [0.4, 0.5) is 17.3 Å². The number of hydrogen-bond donors (Lipinski definition) is 1. The Morgan fingerprint density at radius 3 is 2.46 bits per heavy atom. The van der Waals surface area contributed by atoms with Crippen molar-refractivity contribution < 1.29 is 17.3 Å². The summed E-state index contributed by atoms with van der Waals surface area (Å²) >= 11 is 1.18. The maximum atomic E-state index is 13.6. The van der Waals surface area contributed by atoms with E-state index in [1.807, 2.05) is 30.3 Å². The molecule has 0 aromatic heterocycles. The van der Waals surface area contributed by atoms with Gasteiger partial charge in [-0.2, -0.15) is 5.10 Å². The molecule has 0 aliphatic rings. The average Bonchev–Trinajstić information content (AvgIpc) is 2.54. The van der Waals surface area contributed by atoms with Gasteiger partial charge in [0.05, 0.1) is 6.21 Å². The number of halogens is 4. The highest BCUT2D eigenvalue weighted by Gasteiger charge is 2.29. The van der Waals surface area contributed by atoms with Crippen LogP contribution in [0.5, 0.6) is 0 Å². The van der Waals surface area contributed by atoms with Crippen LogP contribution >= 0.6 is 11.8 Å². The van der Waals surface area contributed by atoms with E-state index in [2.05, 4.69) is 10.2 Å². The van der Waals surface area contributed by atoms with Gasteiger partial charge in [-0.15, -0.1) is 5.10 Å². The van der Waals surface area contributed by atoms with Crippen molar-refractivity contribution in [2.24, 2.45) is 15.9 Å². The van der Waals surface area contributed by atoms with Gasteiger partial charge in [-0.1, -0.05) is 59.7 Å². The number of rotatable bonds is 5. The lowest BCUT2D eigenvalue weighted by molar-refractivity contribution is 0.500. The third-order valence-corrected chi connectivity index (χ3v) is 3.87. The molecule has 0 aliphatic heterocycles. The largest absolute Gasteiger partial charge is 0.510 e. The second-order valence-electron chi connectivity index (χ2n) is 4.77. The summed E-state index contributed by atoms with van der Waals surface area (Å²) in [7, 11) is 0. The molecule has 3 nitrogen and oxygen atoms in total. The van der Waals surface area contributed by atoms with Gasteiger partial charge in [0, 0.05) is 11.3 Å². The number of thioether (sulfide) groups is 1. The van der Waals surface area contributed by atoms with Crippen LogP contribution in [0, 0.1) is 5.82 Å². The van der Waals surface area contributed by atoms with Crippen molar-refractivity contribution in [2.45, 2.75) is 5.75 Å². The van der Waals surface area contributed by atoms with Gasteiger partial charge in [-0.3, -0.25) is 0 Å². The lowest BCUT2D eigenvalue weighted by Gasteiger charge is -2.17. The van der Waals surface area contributed by atoms with Crippen LogP contribution in [0.15, 0.2) is 58.7 Å². The van der Waals surface area contributed by atoms with Gasteiger partial charge in [0.15, 0.2) is 5.17 Å². The lowest BCUT2D eigenvalue weighted by Crippen LogP contribution is -2.37. The molecule has 2 aromatic rings. The Kier molecular flexibility index (Phi) is 6.02. The molecule has 0 fully saturated rings. The molecular weight excluding hydrogens is 341 g/mol. The summed E-state index contributed by atoms with van der Waals surface area (Å²) in [6.45, 7) is -5.35. The minimum absolute atomic E-state index is 0.0745. The molecule has 0 amide bonds. The fourth-order valence-electron chi connectivity index (χ4n) is 1.88. The van der Waals surface area contributed by atoms with Crippen LogP contribution in [0.2, 0.25) is 0 Å². The van der Waals surface area contributed by atoms with Crippen LogP contribution in [-0.2, 0) is 5.75 Å². The van der Waals surface area contributed by atoms with Crippen molar-refractivity contribution in [3.63, 3.8) is 0 Å². The van der Waals surface area contributed by atoms with E-state index >= 15 is 0 Å². The van der Waals surface area contributed by atoms with Crippen molar-refractivity contribution in [3.05, 3.63) is 65.5 Å². The number of nitrogens with two attached hydrogens (primary N) is 1. The second-order valence-corrected chi connectivity index (χ2v) is 5.77. The van der Waals surface area contributed by atoms with Crippen LogP contribution in [0.3, 0.4) is 0 Å². The van der Waals surface area contributed by atoms with Crippen molar-refractivity contribution >= 4 is 35.6 Å². The van der Waals surface area contributed by atoms with E-state index in [0.717, 1.165) is 30.0 Å². The molecule has 2 N–H and O–H groups in total. The van der Waals surface area contributed by atoms with Crippen LogP contribution in [0.1, 0.15) is 11.1 Å². The monoisotopic (exact) mass is 354 g/mol. The van der Waals surface area contributed by atoms with E-state index in [1.165, 1.54) is 11.8 Å². The van der Waals surface area contributed by atoms with Crippen molar-refractivity contribution in [3.8, 4) is 0 Å². The topological polar surface area (TPSA) is 50.7 Å². The van der Waals surface area contributed by atoms with Gasteiger partial charge in [-0.05, 0) is 11.6 Å². The molecule has 0 saturated heterocycles. The molecule has 2 rings (SSSR count). The molecule has 0 heterocycles. The minimum atomic E-state index is -5.35. The van der Waals surface area contributed by atoms with E-state index < -0.39 is 23.8 Å². The average molecular weight is 354 g/mol. The third-order valence-electron chi connectivity index (χ3n) is 3.01. The first kappa shape index (κ1) is 18.1. The molecule has 9 heteroatoms. The Hall–Kier alpha value is -2.29. The quantitative estimate of drug-likeness (QED) is 0.294. The summed E-state index contributed by atoms with van der Waals surface area (Å²) in [6, 6.07) is 12.2. The summed E-state index contributed by atoms with van der Waals surface area (Å²) in [5.74, 6) is -0.469. The summed E-state index contributed by atoms with van der Waals surface area (Å²) in [5, 5.41) is 7.15. The Morgan fingerprint density at radius 2 is 1.79 bits per heavy atom. The van der Waals surface area contributed by atoms with E-state index in [4.69, 9.17) is 5.73 Å². The smallest absolute Gasteiger partial charge is 0.445 e. The molecular formula is C15H13BF4N3S-. The number of hydrogen-bond acceptors (Lipinski definition) is 3. The Morgan fingerprint density at radius 1 is 1.08 bits per heavy atom. The van der Waals surface area contributed by atoms with Gasteiger partial charge in [0.25, 0.3) is 0 Å². The molecule has 0 bridgehead atoms. The first-order valence-corrected chi connectivity index (χ1v) is 7.88. The zero-order valence-corrected chi connectivity index (χ0v) is 13.2. The molecule has 0 aliphatic carbocycles. The van der Waals surface area contributed by atoms with Crippen LogP contribution < -0.4 is 11.2 Å². The van der Waals surface area contributed by atoms with E-state index in [0.29, 0.717) is 5.75 Å². The van der Waals surface area contributed by atoms with Crippen molar-refractivity contribution in [2.75, 3.05) is 0 Å². The standard InChI is InChI=1S/C15H13BF4N3S/c17-14-8-4-7-13(16(18,19)20)12(14)9-22-23-15(21)24-10-11-5-2-1-3-6-11/h1-9H,10H2,(H2,21,23)/q-1. The SMILES string of the molecule is NC(=NN=Cc1c(F)cccc1[B-](F)(F)F)SCc1ccccc1. The zero-order chi connectivity index (χ0) is 17.6. The van der Waals surface area contributed by atoms with Crippen LogP contribution in [-0.4, -0.2) is 18.4 Å². The summed E-state index contributed by atoms with van der Waals surface area (Å²) < 4.78 is 52.3. The normalized spacial score (nSPS) is 12.8.